The van der Waals surface area contributed by atoms with Gasteiger partial charge in [0.15, 0.2) is 0 Å². The zero-order valence-corrected chi connectivity index (χ0v) is 12.7. The molecule has 1 heterocycles. The number of nitrogens with one attached hydrogen (secondary N) is 1. The number of fused-ring (bicyclic) bond motifs is 4. The first kappa shape index (κ1) is 13.1. The number of nitrogens with zero attached hydrogens (tertiary/aromatic N) is 2. The first-order valence-electron chi connectivity index (χ1n) is 7.77. The topological polar surface area (TPSA) is 61.3 Å². The second-order valence-corrected chi connectivity index (χ2v) is 5.82. The first-order chi connectivity index (χ1) is 11.9. The Hall–Kier alpha value is -3.40. The van der Waals surface area contributed by atoms with Gasteiger partial charge in [-0.3, -0.25) is 0 Å². The molecule has 0 unspecified atom stereocenters. The Morgan fingerprint density at radius 1 is 0.750 bits per heavy atom. The largest absolute Gasteiger partial charge is 0.410 e. The summed E-state index contributed by atoms with van der Waals surface area (Å²) in [4.78, 5) is 8.12. The molecule has 3 aromatic carbocycles. The molecule has 0 fully saturated rings. The number of oxime groups is 1. The summed E-state index contributed by atoms with van der Waals surface area (Å²) in [6.07, 6.45) is 0. The smallest absolute Gasteiger partial charge is 0.139 e. The Balaban J connectivity index is 1.84. The average molecular weight is 311 g/mol. The molecule has 0 radical (unpaired) electrons. The summed E-state index contributed by atoms with van der Waals surface area (Å²) < 4.78 is 0. The molecule has 1 aliphatic carbocycles. The molecule has 0 amide bonds. The van der Waals surface area contributed by atoms with Crippen LogP contribution in [0.5, 0.6) is 0 Å². The van der Waals surface area contributed by atoms with Crippen molar-refractivity contribution in [2.45, 2.75) is 0 Å². The fourth-order valence-electron chi connectivity index (χ4n) is 3.48. The van der Waals surface area contributed by atoms with Crippen molar-refractivity contribution < 1.29 is 5.21 Å². The zero-order chi connectivity index (χ0) is 16.1. The Morgan fingerprint density at radius 2 is 1.46 bits per heavy atom. The Labute approximate surface area is 138 Å². The molecule has 0 bridgehead atoms. The Kier molecular flexibility index (Phi) is 2.61. The van der Waals surface area contributed by atoms with Crippen LogP contribution in [0, 0.1) is 0 Å². The third-order valence-corrected chi connectivity index (χ3v) is 4.52. The van der Waals surface area contributed by atoms with Gasteiger partial charge in [0.05, 0.1) is 11.0 Å². The van der Waals surface area contributed by atoms with E-state index in [1.807, 2.05) is 60.7 Å². The highest BCUT2D eigenvalue weighted by molar-refractivity contribution is 6.26. The molecule has 0 saturated heterocycles. The van der Waals surface area contributed by atoms with Crippen LogP contribution < -0.4 is 0 Å². The highest BCUT2D eigenvalue weighted by Crippen LogP contribution is 2.42. The molecule has 0 saturated carbocycles. The number of H-pyrrole nitrogens is 1. The fraction of sp³-hybridized carbons (Fsp3) is 0. The number of hydrogen-bond acceptors (Lipinski definition) is 3. The van der Waals surface area contributed by atoms with E-state index in [2.05, 4.69) is 16.2 Å². The van der Waals surface area contributed by atoms with Gasteiger partial charge in [0.2, 0.25) is 0 Å². The standard InChI is InChI=1S/C20H13N3O/c24-23-19-13-7-2-1-6-12(13)18-14(19)8-5-9-15(18)20-21-16-10-3-4-11-17(16)22-20/h1-11,24H,(H,21,22). The number of hydrogen-bond donors (Lipinski definition) is 2. The number of aromatic amines is 1. The van der Waals surface area contributed by atoms with Crippen molar-refractivity contribution >= 4 is 16.7 Å². The molecule has 4 nitrogen and oxygen atoms in total. The van der Waals surface area contributed by atoms with E-state index in [0.717, 1.165) is 44.7 Å². The molecule has 2 N–H and O–H groups in total. The van der Waals surface area contributed by atoms with Gasteiger partial charge in [-0.25, -0.2) is 4.98 Å². The van der Waals surface area contributed by atoms with Gasteiger partial charge in [0, 0.05) is 22.3 Å². The molecule has 1 aromatic heterocycles. The summed E-state index contributed by atoms with van der Waals surface area (Å²) in [7, 11) is 0. The minimum atomic E-state index is 0.610. The third kappa shape index (κ3) is 1.68. The number of imidazole rings is 1. The quantitative estimate of drug-likeness (QED) is 0.355. The lowest BCUT2D eigenvalue weighted by Crippen LogP contribution is -1.97. The Morgan fingerprint density at radius 3 is 2.29 bits per heavy atom. The van der Waals surface area contributed by atoms with Crippen LogP contribution in [0.2, 0.25) is 0 Å². The van der Waals surface area contributed by atoms with Crippen LogP contribution in [0.4, 0.5) is 0 Å². The first-order valence-corrected chi connectivity index (χ1v) is 7.77. The number of rotatable bonds is 1. The maximum atomic E-state index is 9.50. The van der Waals surface area contributed by atoms with Crippen LogP contribution in [0.1, 0.15) is 11.1 Å². The zero-order valence-electron chi connectivity index (χ0n) is 12.7. The van der Waals surface area contributed by atoms with E-state index in [4.69, 9.17) is 4.98 Å². The van der Waals surface area contributed by atoms with Gasteiger partial charge in [-0.1, -0.05) is 59.8 Å². The number of para-hydroxylation sites is 2. The summed E-state index contributed by atoms with van der Waals surface area (Å²) in [5.41, 5.74) is 7.56. The van der Waals surface area contributed by atoms with Gasteiger partial charge >= 0.3 is 0 Å². The van der Waals surface area contributed by atoms with Crippen LogP contribution in [-0.2, 0) is 0 Å². The normalized spacial score (nSPS) is 14.1. The molecule has 5 rings (SSSR count). The average Bonchev–Trinajstić information content (AvgIpc) is 3.20. The summed E-state index contributed by atoms with van der Waals surface area (Å²) in [6, 6.07) is 22.0. The predicted molar refractivity (Wildman–Crippen MR) is 94.4 cm³/mol. The molecule has 0 spiro atoms. The lowest BCUT2D eigenvalue weighted by Gasteiger charge is -2.06. The van der Waals surface area contributed by atoms with E-state index in [1.54, 1.807) is 0 Å². The van der Waals surface area contributed by atoms with Crippen molar-refractivity contribution in [3.63, 3.8) is 0 Å². The molecule has 0 aliphatic heterocycles. The van der Waals surface area contributed by atoms with Crippen molar-refractivity contribution in [3.8, 4) is 22.5 Å². The fourth-order valence-corrected chi connectivity index (χ4v) is 3.48. The number of aromatic nitrogens is 2. The van der Waals surface area contributed by atoms with E-state index in [0.29, 0.717) is 5.71 Å². The van der Waals surface area contributed by atoms with E-state index >= 15 is 0 Å². The minimum absolute atomic E-state index is 0.610. The van der Waals surface area contributed by atoms with Crippen LogP contribution in [0.25, 0.3) is 33.5 Å². The van der Waals surface area contributed by atoms with Crippen LogP contribution in [-0.4, -0.2) is 20.9 Å². The lowest BCUT2D eigenvalue weighted by atomic mass is 9.99. The van der Waals surface area contributed by atoms with Crippen LogP contribution in [0.15, 0.2) is 71.9 Å². The highest BCUT2D eigenvalue weighted by atomic mass is 16.4. The predicted octanol–water partition coefficient (Wildman–Crippen LogP) is 4.44. The Bertz CT molecular complexity index is 1090. The van der Waals surface area contributed by atoms with E-state index in [-0.39, 0.29) is 0 Å². The van der Waals surface area contributed by atoms with Crippen molar-refractivity contribution in [2.75, 3.05) is 0 Å². The van der Waals surface area contributed by atoms with Crippen LogP contribution in [0.3, 0.4) is 0 Å². The maximum Gasteiger partial charge on any atom is 0.139 e. The highest BCUT2D eigenvalue weighted by Gasteiger charge is 2.28. The minimum Gasteiger partial charge on any atom is -0.410 e. The van der Waals surface area contributed by atoms with Crippen molar-refractivity contribution in [2.24, 2.45) is 5.16 Å². The molecule has 24 heavy (non-hydrogen) atoms. The third-order valence-electron chi connectivity index (χ3n) is 4.52. The molecular formula is C20H13N3O. The van der Waals surface area contributed by atoms with Gasteiger partial charge in [0.1, 0.15) is 11.5 Å². The summed E-state index contributed by atoms with van der Waals surface area (Å²) in [5.74, 6) is 0.821. The van der Waals surface area contributed by atoms with Crippen molar-refractivity contribution in [1.82, 2.24) is 9.97 Å². The van der Waals surface area contributed by atoms with Gasteiger partial charge in [-0.15, -0.1) is 0 Å². The second kappa shape index (κ2) is 4.80. The summed E-state index contributed by atoms with van der Waals surface area (Å²) in [6.45, 7) is 0. The van der Waals surface area contributed by atoms with Gasteiger partial charge in [0.25, 0.3) is 0 Å². The van der Waals surface area contributed by atoms with Gasteiger partial charge in [-0.05, 0) is 17.7 Å². The maximum absolute atomic E-state index is 9.50. The number of benzene rings is 3. The van der Waals surface area contributed by atoms with Crippen LogP contribution >= 0.6 is 0 Å². The molecule has 4 aromatic rings. The summed E-state index contributed by atoms with van der Waals surface area (Å²) >= 11 is 0. The molecule has 4 heteroatoms. The van der Waals surface area contributed by atoms with E-state index in [1.165, 1.54) is 0 Å². The molecule has 114 valence electrons. The monoisotopic (exact) mass is 311 g/mol. The SMILES string of the molecule is ON=C1c2ccccc2-c2c1cccc2-c1nc2ccccc2[nH]1. The molecule has 0 atom stereocenters. The van der Waals surface area contributed by atoms with E-state index in [9.17, 15) is 5.21 Å². The molecule has 1 aliphatic rings. The second-order valence-electron chi connectivity index (χ2n) is 5.82. The molecular weight excluding hydrogens is 298 g/mol. The van der Waals surface area contributed by atoms with Crippen molar-refractivity contribution in [1.29, 1.82) is 0 Å². The van der Waals surface area contributed by atoms with Gasteiger partial charge < -0.3 is 10.2 Å². The van der Waals surface area contributed by atoms with E-state index < -0.39 is 0 Å². The van der Waals surface area contributed by atoms with Gasteiger partial charge in [-0.2, -0.15) is 0 Å². The lowest BCUT2D eigenvalue weighted by molar-refractivity contribution is 0.320. The summed E-state index contributed by atoms with van der Waals surface area (Å²) in [5, 5.41) is 13.0. The van der Waals surface area contributed by atoms with Crippen molar-refractivity contribution in [3.05, 3.63) is 77.9 Å².